The van der Waals surface area contributed by atoms with E-state index in [0.717, 1.165) is 5.56 Å². The van der Waals surface area contributed by atoms with Crippen molar-refractivity contribution in [2.45, 2.75) is 13.0 Å². The minimum Gasteiger partial charge on any atom is -0.481 e. The Balaban J connectivity index is 1.42. The summed E-state index contributed by atoms with van der Waals surface area (Å²) in [4.78, 5) is 36.4. The van der Waals surface area contributed by atoms with Crippen molar-refractivity contribution in [2.75, 3.05) is 32.1 Å². The zero-order chi connectivity index (χ0) is 23.5. The predicted molar refractivity (Wildman–Crippen MR) is 122 cm³/mol. The number of anilines is 1. The SMILES string of the molecule is COc1ccc2nccc(C=CC(=O)N(C)C[C@@H]3CN(c4ccc(C)c(F)c4)C(=O)O3)c2n1. The second-order valence-corrected chi connectivity index (χ2v) is 7.72. The number of methoxy groups -OCH3 is 1. The molecular weight excluding hydrogens is 427 g/mol. The van der Waals surface area contributed by atoms with Gasteiger partial charge in [0.1, 0.15) is 11.9 Å². The van der Waals surface area contributed by atoms with E-state index >= 15 is 0 Å². The fourth-order valence-electron chi connectivity index (χ4n) is 3.54. The molecule has 0 unspecified atom stereocenters. The van der Waals surface area contributed by atoms with Crippen molar-refractivity contribution >= 4 is 34.8 Å². The molecule has 1 aliphatic rings. The fourth-order valence-corrected chi connectivity index (χ4v) is 3.54. The second kappa shape index (κ2) is 9.23. The first-order valence-corrected chi connectivity index (χ1v) is 10.3. The van der Waals surface area contributed by atoms with E-state index in [0.29, 0.717) is 28.2 Å². The average Bonchev–Trinajstić information content (AvgIpc) is 3.18. The summed E-state index contributed by atoms with van der Waals surface area (Å²) >= 11 is 0. The summed E-state index contributed by atoms with van der Waals surface area (Å²) in [6, 6.07) is 9.86. The molecule has 3 aromatic rings. The molecule has 2 aromatic heterocycles. The number of carbonyl (C=O) groups is 2. The van der Waals surface area contributed by atoms with E-state index in [-0.39, 0.29) is 19.0 Å². The highest BCUT2D eigenvalue weighted by Crippen LogP contribution is 2.24. The minimum absolute atomic E-state index is 0.197. The first-order valence-electron chi connectivity index (χ1n) is 10.3. The van der Waals surface area contributed by atoms with Gasteiger partial charge in [-0.15, -0.1) is 0 Å². The molecule has 0 N–H and O–H groups in total. The maximum absolute atomic E-state index is 13.9. The molecule has 170 valence electrons. The van der Waals surface area contributed by atoms with Crippen LogP contribution in [0.2, 0.25) is 0 Å². The number of aromatic nitrogens is 2. The molecule has 0 spiro atoms. The maximum Gasteiger partial charge on any atom is 0.414 e. The lowest BCUT2D eigenvalue weighted by molar-refractivity contribution is -0.125. The molecule has 1 saturated heterocycles. The number of rotatable bonds is 6. The number of hydrogen-bond acceptors (Lipinski definition) is 6. The van der Waals surface area contributed by atoms with E-state index < -0.39 is 18.0 Å². The van der Waals surface area contributed by atoms with Crippen LogP contribution in [-0.2, 0) is 9.53 Å². The van der Waals surface area contributed by atoms with Gasteiger partial charge in [-0.2, -0.15) is 0 Å². The number of halogens is 1. The lowest BCUT2D eigenvalue weighted by Crippen LogP contribution is -2.35. The average molecular weight is 450 g/mol. The lowest BCUT2D eigenvalue weighted by atomic mass is 10.2. The Labute approximate surface area is 190 Å². The molecule has 0 bridgehead atoms. The standard InChI is InChI=1S/C24H23FN4O4/c1-15-4-6-17(12-19(15)25)29-14-18(33-24(29)31)13-28(2)22(30)9-5-16-10-11-26-20-7-8-21(32-3)27-23(16)20/h4-12,18H,13-14H2,1-3H3/t18-/m1/s1. The van der Waals surface area contributed by atoms with Crippen LogP contribution >= 0.6 is 0 Å². The molecule has 1 aromatic carbocycles. The normalized spacial score (nSPS) is 15.8. The summed E-state index contributed by atoms with van der Waals surface area (Å²) in [7, 11) is 3.16. The van der Waals surface area contributed by atoms with Crippen LogP contribution in [0.15, 0.2) is 48.7 Å². The molecule has 0 radical (unpaired) electrons. The number of pyridine rings is 2. The highest BCUT2D eigenvalue weighted by atomic mass is 19.1. The van der Waals surface area contributed by atoms with Crippen molar-refractivity contribution in [2.24, 2.45) is 0 Å². The number of nitrogens with zero attached hydrogens (tertiary/aromatic N) is 4. The molecule has 1 fully saturated rings. The Kier molecular flexibility index (Phi) is 6.21. The van der Waals surface area contributed by atoms with Crippen molar-refractivity contribution in [3.63, 3.8) is 0 Å². The summed E-state index contributed by atoms with van der Waals surface area (Å²) in [5.41, 5.74) is 2.95. The van der Waals surface area contributed by atoms with Gasteiger partial charge in [-0.05, 0) is 42.8 Å². The topological polar surface area (TPSA) is 84.9 Å². The fraction of sp³-hybridized carbons (Fsp3) is 0.250. The third-order valence-electron chi connectivity index (χ3n) is 5.40. The Morgan fingerprint density at radius 1 is 1.33 bits per heavy atom. The molecule has 2 amide bonds. The van der Waals surface area contributed by atoms with Crippen LogP contribution in [-0.4, -0.2) is 60.2 Å². The van der Waals surface area contributed by atoms with Gasteiger partial charge >= 0.3 is 6.09 Å². The third kappa shape index (κ3) is 4.77. The molecule has 0 saturated carbocycles. The molecule has 4 rings (SSSR count). The van der Waals surface area contributed by atoms with Crippen molar-refractivity contribution in [1.82, 2.24) is 14.9 Å². The van der Waals surface area contributed by atoms with Gasteiger partial charge in [0, 0.05) is 31.0 Å². The first kappa shape index (κ1) is 22.2. The number of amides is 2. The molecule has 1 aliphatic heterocycles. The quantitative estimate of drug-likeness (QED) is 0.534. The van der Waals surface area contributed by atoms with E-state index in [9.17, 15) is 14.0 Å². The van der Waals surface area contributed by atoms with Crippen LogP contribution in [0, 0.1) is 12.7 Å². The van der Waals surface area contributed by atoms with Gasteiger partial charge in [-0.3, -0.25) is 14.7 Å². The third-order valence-corrected chi connectivity index (χ3v) is 5.40. The Hall–Kier alpha value is -4.01. The molecule has 33 heavy (non-hydrogen) atoms. The number of ether oxygens (including phenoxy) is 2. The predicted octanol–water partition coefficient (Wildman–Crippen LogP) is 3.58. The second-order valence-electron chi connectivity index (χ2n) is 7.72. The van der Waals surface area contributed by atoms with Gasteiger partial charge in [-0.25, -0.2) is 14.2 Å². The number of hydrogen-bond donors (Lipinski definition) is 0. The highest BCUT2D eigenvalue weighted by molar-refractivity contribution is 5.95. The first-order chi connectivity index (χ1) is 15.9. The van der Waals surface area contributed by atoms with Crippen molar-refractivity contribution in [3.8, 4) is 5.88 Å². The molecule has 3 heterocycles. The van der Waals surface area contributed by atoms with Crippen molar-refractivity contribution < 1.29 is 23.5 Å². The molecular formula is C24H23FN4O4. The van der Waals surface area contributed by atoms with Crippen molar-refractivity contribution in [3.05, 3.63) is 65.6 Å². The zero-order valence-electron chi connectivity index (χ0n) is 18.5. The lowest BCUT2D eigenvalue weighted by Gasteiger charge is -2.18. The highest BCUT2D eigenvalue weighted by Gasteiger charge is 2.33. The summed E-state index contributed by atoms with van der Waals surface area (Å²) in [6.45, 7) is 2.07. The molecule has 1 atom stereocenters. The summed E-state index contributed by atoms with van der Waals surface area (Å²) in [5.74, 6) is -0.203. The van der Waals surface area contributed by atoms with E-state index in [1.54, 1.807) is 56.6 Å². The van der Waals surface area contributed by atoms with Gasteiger partial charge in [0.25, 0.3) is 0 Å². The number of carbonyl (C=O) groups excluding carboxylic acids is 2. The Bertz CT molecular complexity index is 1250. The number of fused-ring (bicyclic) bond motifs is 1. The van der Waals surface area contributed by atoms with E-state index in [2.05, 4.69) is 9.97 Å². The Morgan fingerprint density at radius 2 is 2.15 bits per heavy atom. The van der Waals surface area contributed by atoms with Crippen LogP contribution in [0.4, 0.5) is 14.9 Å². The van der Waals surface area contributed by atoms with Crippen molar-refractivity contribution in [1.29, 1.82) is 0 Å². The van der Waals surface area contributed by atoms with Crippen LogP contribution in [0.25, 0.3) is 17.1 Å². The van der Waals surface area contributed by atoms with Gasteiger partial charge in [0.2, 0.25) is 11.8 Å². The van der Waals surface area contributed by atoms with Gasteiger partial charge in [-0.1, -0.05) is 6.07 Å². The van der Waals surface area contributed by atoms with Crippen LogP contribution in [0.3, 0.4) is 0 Å². The van der Waals surface area contributed by atoms with Gasteiger partial charge in [0.05, 0.1) is 36.9 Å². The molecule has 0 aliphatic carbocycles. The van der Waals surface area contributed by atoms with Gasteiger partial charge in [0.15, 0.2) is 0 Å². The maximum atomic E-state index is 13.9. The van der Waals surface area contributed by atoms with Crippen LogP contribution in [0.5, 0.6) is 5.88 Å². The zero-order valence-corrected chi connectivity index (χ0v) is 18.5. The number of cyclic esters (lactones) is 1. The van der Waals surface area contributed by atoms with E-state index in [1.807, 2.05) is 0 Å². The monoisotopic (exact) mass is 450 g/mol. The van der Waals surface area contributed by atoms with E-state index in [4.69, 9.17) is 9.47 Å². The minimum atomic E-state index is -0.567. The summed E-state index contributed by atoms with van der Waals surface area (Å²) in [6.07, 6.45) is 3.64. The molecule has 9 heteroatoms. The van der Waals surface area contributed by atoms with E-state index in [1.165, 1.54) is 29.1 Å². The smallest absolute Gasteiger partial charge is 0.414 e. The number of aryl methyl sites for hydroxylation is 1. The van der Waals surface area contributed by atoms with Crippen LogP contribution < -0.4 is 9.64 Å². The largest absolute Gasteiger partial charge is 0.481 e. The summed E-state index contributed by atoms with van der Waals surface area (Å²) in [5, 5.41) is 0. The summed E-state index contributed by atoms with van der Waals surface area (Å²) < 4.78 is 24.4. The number of likely N-dealkylation sites (N-methyl/N-ethyl adjacent to an activating group) is 1. The molecule has 8 nitrogen and oxygen atoms in total. The van der Waals surface area contributed by atoms with Crippen LogP contribution in [0.1, 0.15) is 11.1 Å². The van der Waals surface area contributed by atoms with Gasteiger partial charge < -0.3 is 14.4 Å². The Morgan fingerprint density at radius 3 is 2.91 bits per heavy atom. The number of benzene rings is 1.